The SMILES string of the molecule is [2H]C[C@](N)(Cc1c[nH]c2ccccc12)C(=O)OC(=O)OC1C2CC3CC(C2)CC1C3. The first kappa shape index (κ1) is 17.5. The Balaban J connectivity index is 1.24. The van der Waals surface area contributed by atoms with E-state index in [-0.39, 0.29) is 12.5 Å². The van der Waals surface area contributed by atoms with Crippen LogP contribution in [0, 0.1) is 23.7 Å². The number of hydrogen-bond acceptors (Lipinski definition) is 5. The highest BCUT2D eigenvalue weighted by Crippen LogP contribution is 2.54. The molecule has 0 amide bonds. The number of esters is 1. The van der Waals surface area contributed by atoms with Crippen LogP contribution in [0.15, 0.2) is 30.5 Å². The Hall–Kier alpha value is -2.34. The van der Waals surface area contributed by atoms with E-state index in [1.807, 2.05) is 24.3 Å². The van der Waals surface area contributed by atoms with Crippen LogP contribution in [-0.4, -0.2) is 28.8 Å². The van der Waals surface area contributed by atoms with Crippen LogP contribution in [0.3, 0.4) is 0 Å². The van der Waals surface area contributed by atoms with Crippen molar-refractivity contribution >= 4 is 23.0 Å². The molecule has 0 saturated heterocycles. The van der Waals surface area contributed by atoms with Crippen LogP contribution in [0.5, 0.6) is 0 Å². The van der Waals surface area contributed by atoms with Crippen molar-refractivity contribution in [2.45, 2.75) is 57.1 Å². The molecule has 3 N–H and O–H groups in total. The minimum absolute atomic E-state index is 0.102. The molecule has 154 valence electrons. The van der Waals surface area contributed by atoms with Crippen LogP contribution < -0.4 is 5.73 Å². The predicted octanol–water partition coefficient (Wildman–Crippen LogP) is 3.93. The molecular formula is C23H28N2O4. The summed E-state index contributed by atoms with van der Waals surface area (Å²) in [4.78, 5) is 28.3. The number of nitrogens with one attached hydrogen (secondary N) is 1. The number of nitrogens with two attached hydrogens (primary N) is 1. The number of ether oxygens (including phenoxy) is 2. The summed E-state index contributed by atoms with van der Waals surface area (Å²) in [6.45, 7) is -0.392. The number of rotatable bonds is 4. The summed E-state index contributed by atoms with van der Waals surface area (Å²) < 4.78 is 18.5. The molecule has 4 bridgehead atoms. The van der Waals surface area contributed by atoms with Gasteiger partial charge in [0.15, 0.2) is 0 Å². The zero-order valence-electron chi connectivity index (χ0n) is 17.4. The van der Waals surface area contributed by atoms with Gasteiger partial charge in [0, 0.05) is 24.9 Å². The molecule has 0 aliphatic heterocycles. The maximum Gasteiger partial charge on any atom is 0.516 e. The second-order valence-electron chi connectivity index (χ2n) is 9.35. The van der Waals surface area contributed by atoms with E-state index >= 15 is 0 Å². The lowest BCUT2D eigenvalue weighted by molar-refractivity contribution is -0.151. The lowest BCUT2D eigenvalue weighted by atomic mass is 9.55. The molecule has 4 aliphatic rings. The van der Waals surface area contributed by atoms with Crippen LogP contribution in [0.2, 0.25) is 0 Å². The maximum atomic E-state index is 12.7. The molecule has 29 heavy (non-hydrogen) atoms. The predicted molar refractivity (Wildman–Crippen MR) is 108 cm³/mol. The molecule has 6 rings (SSSR count). The fourth-order valence-corrected chi connectivity index (χ4v) is 6.07. The molecular weight excluding hydrogens is 368 g/mol. The summed E-state index contributed by atoms with van der Waals surface area (Å²) in [5.41, 5.74) is 6.36. The van der Waals surface area contributed by atoms with Crippen molar-refractivity contribution in [3.63, 3.8) is 0 Å². The Morgan fingerprint density at radius 3 is 2.55 bits per heavy atom. The first-order valence-corrected chi connectivity index (χ1v) is 10.5. The lowest BCUT2D eigenvalue weighted by Gasteiger charge is -2.53. The maximum absolute atomic E-state index is 12.7. The Labute approximate surface area is 171 Å². The molecule has 6 nitrogen and oxygen atoms in total. The minimum Gasteiger partial charge on any atom is -0.430 e. The zero-order valence-corrected chi connectivity index (χ0v) is 16.4. The van der Waals surface area contributed by atoms with Gasteiger partial charge in [0.25, 0.3) is 0 Å². The summed E-state index contributed by atoms with van der Waals surface area (Å²) in [5.74, 6) is 1.39. The zero-order chi connectivity index (χ0) is 20.9. The summed E-state index contributed by atoms with van der Waals surface area (Å²) in [6.07, 6.45) is 6.48. The van der Waals surface area contributed by atoms with Crippen LogP contribution in [0.4, 0.5) is 4.79 Å². The molecule has 6 heteroatoms. The Morgan fingerprint density at radius 2 is 1.86 bits per heavy atom. The van der Waals surface area contributed by atoms with E-state index < -0.39 is 24.6 Å². The van der Waals surface area contributed by atoms with Crippen molar-refractivity contribution in [3.8, 4) is 0 Å². The molecule has 0 unspecified atom stereocenters. The van der Waals surface area contributed by atoms with Gasteiger partial charge in [0.1, 0.15) is 11.6 Å². The Bertz CT molecular complexity index is 945. The van der Waals surface area contributed by atoms with E-state index in [1.54, 1.807) is 6.20 Å². The smallest absolute Gasteiger partial charge is 0.430 e. The van der Waals surface area contributed by atoms with Gasteiger partial charge in [-0.3, -0.25) is 0 Å². The fraction of sp³-hybridized carbons (Fsp3) is 0.565. The number of aromatic amines is 1. The molecule has 4 saturated carbocycles. The quantitative estimate of drug-likeness (QED) is 0.602. The molecule has 2 aromatic rings. The van der Waals surface area contributed by atoms with E-state index in [0.29, 0.717) is 11.8 Å². The van der Waals surface area contributed by atoms with Crippen molar-refractivity contribution in [2.75, 3.05) is 0 Å². The average molecular weight is 397 g/mol. The highest BCUT2D eigenvalue weighted by Gasteiger charge is 2.50. The van der Waals surface area contributed by atoms with Crippen LogP contribution in [-0.2, 0) is 20.7 Å². The monoisotopic (exact) mass is 397 g/mol. The van der Waals surface area contributed by atoms with Gasteiger partial charge >= 0.3 is 12.1 Å². The van der Waals surface area contributed by atoms with E-state index in [1.165, 1.54) is 6.42 Å². The average Bonchev–Trinajstić information content (AvgIpc) is 3.12. The molecule has 0 spiro atoms. The van der Waals surface area contributed by atoms with E-state index in [2.05, 4.69) is 4.98 Å². The topological polar surface area (TPSA) is 94.4 Å². The molecule has 1 aromatic heterocycles. The number of hydrogen-bond donors (Lipinski definition) is 2. The molecule has 4 fully saturated rings. The summed E-state index contributed by atoms with van der Waals surface area (Å²) in [7, 11) is 0. The van der Waals surface area contributed by atoms with E-state index in [4.69, 9.17) is 16.6 Å². The third kappa shape index (κ3) is 3.44. The molecule has 0 radical (unpaired) electrons. The van der Waals surface area contributed by atoms with Gasteiger partial charge in [0.05, 0.1) is 0 Å². The van der Waals surface area contributed by atoms with Crippen molar-refractivity contribution in [1.82, 2.24) is 4.98 Å². The van der Waals surface area contributed by atoms with Crippen LogP contribution in [0.25, 0.3) is 10.9 Å². The van der Waals surface area contributed by atoms with Gasteiger partial charge in [-0.2, -0.15) is 0 Å². The van der Waals surface area contributed by atoms with Gasteiger partial charge in [-0.1, -0.05) is 18.2 Å². The number of fused-ring (bicyclic) bond motifs is 1. The Morgan fingerprint density at radius 1 is 1.17 bits per heavy atom. The number of H-pyrrole nitrogens is 1. The molecule has 1 aromatic carbocycles. The Kier molecular flexibility index (Phi) is 4.15. The summed E-state index contributed by atoms with van der Waals surface area (Å²) >= 11 is 0. The van der Waals surface area contributed by atoms with Gasteiger partial charge < -0.3 is 20.2 Å². The van der Waals surface area contributed by atoms with Crippen molar-refractivity contribution in [1.29, 1.82) is 0 Å². The third-order valence-electron chi connectivity index (χ3n) is 7.14. The van der Waals surface area contributed by atoms with Crippen LogP contribution in [0.1, 0.15) is 45.9 Å². The number of aromatic nitrogens is 1. The van der Waals surface area contributed by atoms with Gasteiger partial charge in [-0.25, -0.2) is 9.59 Å². The fourth-order valence-electron chi connectivity index (χ4n) is 6.07. The normalized spacial score (nSPS) is 32.6. The van der Waals surface area contributed by atoms with E-state index in [9.17, 15) is 9.59 Å². The highest BCUT2D eigenvalue weighted by atomic mass is 16.7. The number of para-hydroxylation sites is 1. The van der Waals surface area contributed by atoms with Crippen molar-refractivity contribution in [3.05, 3.63) is 36.0 Å². The van der Waals surface area contributed by atoms with Gasteiger partial charge in [0.2, 0.25) is 0 Å². The summed E-state index contributed by atoms with van der Waals surface area (Å²) in [5, 5.41) is 0.935. The van der Waals surface area contributed by atoms with Crippen molar-refractivity contribution in [2.24, 2.45) is 29.4 Å². The van der Waals surface area contributed by atoms with Gasteiger partial charge in [-0.05, 0) is 74.3 Å². The van der Waals surface area contributed by atoms with Crippen molar-refractivity contribution < 1.29 is 20.4 Å². The first-order valence-electron chi connectivity index (χ1n) is 11.2. The number of carbonyl (C=O) groups is 2. The lowest BCUT2D eigenvalue weighted by Crippen LogP contribution is -2.51. The minimum atomic E-state index is -1.62. The second kappa shape index (κ2) is 6.87. The van der Waals surface area contributed by atoms with Crippen LogP contribution >= 0.6 is 0 Å². The molecule has 4 aliphatic carbocycles. The van der Waals surface area contributed by atoms with Gasteiger partial charge in [-0.15, -0.1) is 0 Å². The number of benzene rings is 1. The summed E-state index contributed by atoms with van der Waals surface area (Å²) in [6, 6.07) is 7.67. The molecule has 1 heterocycles. The first-order chi connectivity index (χ1) is 14.4. The third-order valence-corrected chi connectivity index (χ3v) is 7.14. The highest BCUT2D eigenvalue weighted by molar-refractivity contribution is 5.90. The standard InChI is InChI=1S/C23H28N2O4/c1-23(24,11-17-12-25-19-5-3-2-4-18(17)19)21(26)29-22(27)28-20-15-7-13-6-14(9-15)10-16(20)8-13/h2-5,12-16,20,25H,6-11,24H2,1H3/t13?,14?,15?,16?,20?,23-/m0/s1/i1D. The largest absolute Gasteiger partial charge is 0.516 e. The second-order valence-corrected chi connectivity index (χ2v) is 9.35. The molecule has 1 atom stereocenters. The number of carbonyl (C=O) groups excluding carboxylic acids is 2. The van der Waals surface area contributed by atoms with E-state index in [0.717, 1.165) is 54.0 Å².